The summed E-state index contributed by atoms with van der Waals surface area (Å²) in [6.45, 7) is 1.71. The number of benzene rings is 1. The van der Waals surface area contributed by atoms with Crippen molar-refractivity contribution in [1.82, 2.24) is 4.90 Å². The summed E-state index contributed by atoms with van der Waals surface area (Å²) in [6, 6.07) is 7.28. The van der Waals surface area contributed by atoms with Crippen molar-refractivity contribution in [3.05, 3.63) is 29.8 Å². The zero-order valence-corrected chi connectivity index (χ0v) is 13.0. The van der Waals surface area contributed by atoms with Crippen LogP contribution in [0.25, 0.3) is 0 Å². The van der Waals surface area contributed by atoms with E-state index in [-0.39, 0.29) is 17.5 Å². The third-order valence-electron chi connectivity index (χ3n) is 3.71. The van der Waals surface area contributed by atoms with E-state index in [0.717, 1.165) is 25.9 Å². The van der Waals surface area contributed by atoms with Crippen LogP contribution in [-0.4, -0.2) is 35.5 Å². The van der Waals surface area contributed by atoms with Gasteiger partial charge >= 0.3 is 0 Å². The molecule has 0 aromatic heterocycles. The van der Waals surface area contributed by atoms with E-state index in [1.54, 1.807) is 12.1 Å². The van der Waals surface area contributed by atoms with Gasteiger partial charge in [0.2, 0.25) is 0 Å². The van der Waals surface area contributed by atoms with Gasteiger partial charge in [-0.25, -0.2) is 0 Å². The predicted octanol–water partition coefficient (Wildman–Crippen LogP) is 2.49. The van der Waals surface area contributed by atoms with Gasteiger partial charge in [0.1, 0.15) is 10.7 Å². The van der Waals surface area contributed by atoms with Gasteiger partial charge in [-0.1, -0.05) is 43.6 Å². The first-order valence-corrected chi connectivity index (χ1v) is 7.88. The monoisotopic (exact) mass is 306 g/mol. The summed E-state index contributed by atoms with van der Waals surface area (Å²) in [6.07, 6.45) is 5.84. The number of nitrogens with zero attached hydrogens (tertiary/aromatic N) is 1. The Morgan fingerprint density at radius 1 is 1.14 bits per heavy atom. The van der Waals surface area contributed by atoms with Gasteiger partial charge in [0.15, 0.2) is 6.61 Å². The van der Waals surface area contributed by atoms with E-state index in [1.165, 1.54) is 19.3 Å². The quantitative estimate of drug-likeness (QED) is 0.868. The van der Waals surface area contributed by atoms with Gasteiger partial charge in [-0.05, 0) is 25.0 Å². The minimum absolute atomic E-state index is 0.0367. The molecule has 1 aliphatic heterocycles. The van der Waals surface area contributed by atoms with Crippen LogP contribution in [0.5, 0.6) is 5.75 Å². The van der Waals surface area contributed by atoms with Gasteiger partial charge in [-0.15, -0.1) is 0 Å². The molecule has 1 aliphatic rings. The highest BCUT2D eigenvalue weighted by molar-refractivity contribution is 7.80. The van der Waals surface area contributed by atoms with E-state index < -0.39 is 0 Å². The molecule has 1 heterocycles. The summed E-state index contributed by atoms with van der Waals surface area (Å²) in [7, 11) is 0. The zero-order chi connectivity index (χ0) is 15.1. The maximum absolute atomic E-state index is 12.3. The van der Waals surface area contributed by atoms with Gasteiger partial charge < -0.3 is 15.4 Å². The van der Waals surface area contributed by atoms with E-state index in [1.807, 2.05) is 17.0 Å². The highest BCUT2D eigenvalue weighted by Crippen LogP contribution is 2.18. The van der Waals surface area contributed by atoms with Crippen LogP contribution >= 0.6 is 12.2 Å². The molecule has 1 aromatic rings. The molecule has 0 radical (unpaired) electrons. The number of thiocarbonyl (C=S) groups is 1. The number of rotatable bonds is 4. The largest absolute Gasteiger partial charge is 0.483 e. The molecule has 0 saturated carbocycles. The first kappa shape index (κ1) is 15.8. The van der Waals surface area contributed by atoms with Crippen molar-refractivity contribution in [2.75, 3.05) is 19.7 Å². The van der Waals surface area contributed by atoms with Crippen molar-refractivity contribution >= 4 is 23.1 Å². The van der Waals surface area contributed by atoms with E-state index in [2.05, 4.69) is 0 Å². The van der Waals surface area contributed by atoms with Gasteiger partial charge in [-0.2, -0.15) is 0 Å². The second-order valence-corrected chi connectivity index (χ2v) is 5.74. The number of amides is 1. The minimum Gasteiger partial charge on any atom is -0.483 e. The molecule has 0 spiro atoms. The lowest BCUT2D eigenvalue weighted by molar-refractivity contribution is -0.133. The molecule has 2 rings (SSSR count). The van der Waals surface area contributed by atoms with E-state index in [9.17, 15) is 4.79 Å². The topological polar surface area (TPSA) is 55.6 Å². The fourth-order valence-corrected chi connectivity index (χ4v) is 2.69. The zero-order valence-electron chi connectivity index (χ0n) is 12.2. The molecule has 2 N–H and O–H groups in total. The van der Waals surface area contributed by atoms with Crippen molar-refractivity contribution in [3.63, 3.8) is 0 Å². The van der Waals surface area contributed by atoms with E-state index >= 15 is 0 Å². The third-order valence-corrected chi connectivity index (χ3v) is 3.93. The maximum Gasteiger partial charge on any atom is 0.260 e. The molecule has 0 bridgehead atoms. The molecule has 1 fully saturated rings. The Morgan fingerprint density at radius 2 is 1.76 bits per heavy atom. The second-order valence-electron chi connectivity index (χ2n) is 5.30. The van der Waals surface area contributed by atoms with Crippen LogP contribution in [-0.2, 0) is 4.79 Å². The van der Waals surface area contributed by atoms with Crippen molar-refractivity contribution in [3.8, 4) is 5.75 Å². The lowest BCUT2D eigenvalue weighted by atomic mass is 10.1. The molecule has 4 nitrogen and oxygen atoms in total. The number of carbonyl (C=O) groups is 1. The van der Waals surface area contributed by atoms with Crippen LogP contribution in [0, 0.1) is 0 Å². The Bertz CT molecular complexity index is 497. The van der Waals surface area contributed by atoms with Crippen LogP contribution in [0.3, 0.4) is 0 Å². The Kier molecular flexibility index (Phi) is 5.99. The van der Waals surface area contributed by atoms with Crippen LogP contribution < -0.4 is 10.5 Å². The lowest BCUT2D eigenvalue weighted by Crippen LogP contribution is -2.37. The number of para-hydroxylation sites is 1. The average Bonchev–Trinajstić information content (AvgIpc) is 2.44. The smallest absolute Gasteiger partial charge is 0.260 e. The van der Waals surface area contributed by atoms with Crippen molar-refractivity contribution in [2.45, 2.75) is 32.1 Å². The summed E-state index contributed by atoms with van der Waals surface area (Å²) in [4.78, 5) is 14.4. The summed E-state index contributed by atoms with van der Waals surface area (Å²) in [5, 5.41) is 0. The first-order valence-electron chi connectivity index (χ1n) is 7.48. The second kappa shape index (κ2) is 7.98. The normalized spacial score (nSPS) is 15.9. The van der Waals surface area contributed by atoms with Crippen LogP contribution in [0.4, 0.5) is 0 Å². The molecular formula is C16H22N2O2S. The molecule has 1 saturated heterocycles. The third kappa shape index (κ3) is 4.70. The van der Waals surface area contributed by atoms with Gasteiger partial charge in [0.25, 0.3) is 5.91 Å². The lowest BCUT2D eigenvalue weighted by Gasteiger charge is -2.25. The number of carbonyl (C=O) groups excluding carboxylic acids is 1. The number of hydrogen-bond acceptors (Lipinski definition) is 3. The number of likely N-dealkylation sites (tertiary alicyclic amines) is 1. The van der Waals surface area contributed by atoms with Gasteiger partial charge in [0, 0.05) is 13.1 Å². The highest BCUT2D eigenvalue weighted by atomic mass is 32.1. The molecule has 0 atom stereocenters. The summed E-state index contributed by atoms with van der Waals surface area (Å²) >= 11 is 4.99. The molecule has 1 aromatic carbocycles. The van der Waals surface area contributed by atoms with E-state index in [4.69, 9.17) is 22.7 Å². The fourth-order valence-electron chi connectivity index (χ4n) is 2.52. The first-order chi connectivity index (χ1) is 10.2. The highest BCUT2D eigenvalue weighted by Gasteiger charge is 2.16. The number of nitrogens with two attached hydrogens (primary N) is 1. The Labute approximate surface area is 131 Å². The SMILES string of the molecule is NC(=S)c1ccccc1OCC(=O)N1CCCCCCC1. The maximum atomic E-state index is 12.3. The molecule has 114 valence electrons. The Morgan fingerprint density at radius 3 is 2.43 bits per heavy atom. The summed E-state index contributed by atoms with van der Waals surface area (Å²) in [5.41, 5.74) is 6.33. The van der Waals surface area contributed by atoms with Crippen molar-refractivity contribution in [1.29, 1.82) is 0 Å². The van der Waals surface area contributed by atoms with E-state index in [0.29, 0.717) is 11.3 Å². The van der Waals surface area contributed by atoms with Crippen molar-refractivity contribution in [2.24, 2.45) is 5.73 Å². The van der Waals surface area contributed by atoms with Crippen LogP contribution in [0.2, 0.25) is 0 Å². The fraction of sp³-hybridized carbons (Fsp3) is 0.500. The van der Waals surface area contributed by atoms with Gasteiger partial charge in [-0.3, -0.25) is 4.79 Å². The average molecular weight is 306 g/mol. The molecule has 21 heavy (non-hydrogen) atoms. The summed E-state index contributed by atoms with van der Waals surface area (Å²) < 4.78 is 5.63. The predicted molar refractivity (Wildman–Crippen MR) is 87.5 cm³/mol. The van der Waals surface area contributed by atoms with Crippen LogP contribution in [0.1, 0.15) is 37.7 Å². The van der Waals surface area contributed by atoms with Gasteiger partial charge in [0.05, 0.1) is 5.56 Å². The number of hydrogen-bond donors (Lipinski definition) is 1. The molecule has 0 unspecified atom stereocenters. The van der Waals surface area contributed by atoms with Crippen LogP contribution in [0.15, 0.2) is 24.3 Å². The standard InChI is InChI=1S/C16H22N2O2S/c17-16(21)13-8-4-5-9-14(13)20-12-15(19)18-10-6-2-1-3-7-11-18/h4-5,8-9H,1-3,6-7,10-12H2,(H2,17,21). The molecule has 5 heteroatoms. The minimum atomic E-state index is 0.0367. The molecule has 1 amide bonds. The molecule has 0 aliphatic carbocycles. The Balaban J connectivity index is 1.92. The number of ether oxygens (including phenoxy) is 1. The Hall–Kier alpha value is -1.62. The molecular weight excluding hydrogens is 284 g/mol. The van der Waals surface area contributed by atoms with Crippen molar-refractivity contribution < 1.29 is 9.53 Å². The summed E-state index contributed by atoms with van der Waals surface area (Å²) in [5.74, 6) is 0.611.